The van der Waals surface area contributed by atoms with E-state index in [4.69, 9.17) is 9.26 Å². The third-order valence-corrected chi connectivity index (χ3v) is 2.63. The number of ether oxygens (including phenoxy) is 1. The summed E-state index contributed by atoms with van der Waals surface area (Å²) in [6.07, 6.45) is 0. The topological polar surface area (TPSA) is 93.5 Å². The van der Waals surface area contributed by atoms with Crippen LogP contribution in [0, 0.1) is 0 Å². The highest BCUT2D eigenvalue weighted by atomic mass is 16.5. The number of hydrogen-bond donors (Lipinski definition) is 2. The van der Waals surface area contributed by atoms with Gasteiger partial charge < -0.3 is 14.6 Å². The molecule has 7 nitrogen and oxygen atoms in total. The molecule has 0 aromatic carbocycles. The van der Waals surface area contributed by atoms with Crippen molar-refractivity contribution in [3.05, 3.63) is 11.3 Å². The van der Waals surface area contributed by atoms with Gasteiger partial charge in [0.15, 0.2) is 5.76 Å². The maximum atomic E-state index is 11.7. The van der Waals surface area contributed by atoms with Crippen molar-refractivity contribution in [3.8, 4) is 5.88 Å². The van der Waals surface area contributed by atoms with Crippen LogP contribution < -0.4 is 15.4 Å². The van der Waals surface area contributed by atoms with E-state index in [-0.39, 0.29) is 11.3 Å². The largest absolute Gasteiger partial charge is 0.479 e. The predicted molar refractivity (Wildman–Crippen MR) is 61.2 cm³/mol. The molecule has 7 heteroatoms. The highest BCUT2D eigenvalue weighted by molar-refractivity contribution is 6.04. The van der Waals surface area contributed by atoms with E-state index in [0.717, 1.165) is 0 Å². The van der Waals surface area contributed by atoms with E-state index in [1.54, 1.807) is 0 Å². The molecule has 3 amide bonds. The highest BCUT2D eigenvalue weighted by Crippen LogP contribution is 2.36. The molecule has 0 radical (unpaired) electrons. The minimum atomic E-state index is -0.826. The number of rotatable bonds is 2. The number of imide groups is 1. The fourth-order valence-electron chi connectivity index (χ4n) is 1.85. The lowest BCUT2D eigenvalue weighted by Gasteiger charge is -2.17. The van der Waals surface area contributed by atoms with Crippen LogP contribution in [0.5, 0.6) is 5.88 Å². The first kappa shape index (κ1) is 12.4. The number of nitrogens with zero attached hydrogens (tertiary/aromatic N) is 1. The predicted octanol–water partition coefficient (Wildman–Crippen LogP) is 0.861. The summed E-state index contributed by atoms with van der Waals surface area (Å²) in [6.45, 7) is 5.77. The number of amides is 3. The molecule has 0 aliphatic carbocycles. The van der Waals surface area contributed by atoms with Gasteiger partial charge in [0, 0.05) is 5.41 Å². The maximum Gasteiger partial charge on any atom is 0.322 e. The van der Waals surface area contributed by atoms with E-state index < -0.39 is 18.0 Å². The smallest absolute Gasteiger partial charge is 0.322 e. The second-order valence-electron chi connectivity index (χ2n) is 5.08. The quantitative estimate of drug-likeness (QED) is 0.762. The van der Waals surface area contributed by atoms with Crippen LogP contribution in [0.4, 0.5) is 4.79 Å². The van der Waals surface area contributed by atoms with E-state index in [1.165, 1.54) is 7.11 Å². The molecule has 18 heavy (non-hydrogen) atoms. The minimum Gasteiger partial charge on any atom is -0.479 e. The third-order valence-electron chi connectivity index (χ3n) is 2.63. The van der Waals surface area contributed by atoms with E-state index in [9.17, 15) is 9.59 Å². The second kappa shape index (κ2) is 4.01. The van der Waals surface area contributed by atoms with Crippen molar-refractivity contribution >= 4 is 11.9 Å². The number of carbonyl (C=O) groups excluding carboxylic acids is 2. The van der Waals surface area contributed by atoms with Gasteiger partial charge in [0.2, 0.25) is 0 Å². The Hall–Kier alpha value is -2.05. The van der Waals surface area contributed by atoms with E-state index >= 15 is 0 Å². The second-order valence-corrected chi connectivity index (χ2v) is 5.08. The number of carbonyl (C=O) groups is 2. The van der Waals surface area contributed by atoms with Crippen molar-refractivity contribution in [3.63, 3.8) is 0 Å². The Morgan fingerprint density at radius 3 is 2.44 bits per heavy atom. The first-order chi connectivity index (χ1) is 8.34. The van der Waals surface area contributed by atoms with Crippen molar-refractivity contribution in [2.45, 2.75) is 32.2 Å². The molecule has 2 rings (SSSR count). The van der Waals surface area contributed by atoms with Crippen LogP contribution in [0.1, 0.15) is 38.1 Å². The number of methoxy groups -OCH3 is 1. The van der Waals surface area contributed by atoms with Crippen molar-refractivity contribution in [2.75, 3.05) is 7.11 Å². The summed E-state index contributed by atoms with van der Waals surface area (Å²) in [6, 6.07) is -1.36. The average molecular weight is 253 g/mol. The highest BCUT2D eigenvalue weighted by Gasteiger charge is 2.40. The molecular weight excluding hydrogens is 238 g/mol. The normalized spacial score (nSPS) is 19.7. The van der Waals surface area contributed by atoms with Crippen molar-refractivity contribution in [1.29, 1.82) is 0 Å². The molecule has 0 spiro atoms. The first-order valence-corrected chi connectivity index (χ1v) is 5.50. The molecule has 2 heterocycles. The lowest BCUT2D eigenvalue weighted by atomic mass is 9.88. The summed E-state index contributed by atoms with van der Waals surface area (Å²) in [4.78, 5) is 22.9. The monoisotopic (exact) mass is 253 g/mol. The lowest BCUT2D eigenvalue weighted by molar-refractivity contribution is -0.120. The Balaban J connectivity index is 2.51. The summed E-state index contributed by atoms with van der Waals surface area (Å²) >= 11 is 0. The summed E-state index contributed by atoms with van der Waals surface area (Å²) in [5.41, 5.74) is 0.112. The van der Waals surface area contributed by atoms with Gasteiger partial charge >= 0.3 is 6.03 Å². The fraction of sp³-hybridized carbons (Fsp3) is 0.545. The van der Waals surface area contributed by atoms with E-state index in [1.807, 2.05) is 20.8 Å². The van der Waals surface area contributed by atoms with Crippen LogP contribution in [0.3, 0.4) is 0 Å². The van der Waals surface area contributed by atoms with Gasteiger partial charge in [0.25, 0.3) is 11.8 Å². The Morgan fingerprint density at radius 2 is 2.00 bits per heavy atom. The summed E-state index contributed by atoms with van der Waals surface area (Å²) < 4.78 is 10.3. The Kier molecular flexibility index (Phi) is 2.76. The Morgan fingerprint density at radius 1 is 1.33 bits per heavy atom. The van der Waals surface area contributed by atoms with Crippen LogP contribution in [-0.4, -0.2) is 24.2 Å². The van der Waals surface area contributed by atoms with Crippen molar-refractivity contribution < 1.29 is 18.8 Å². The van der Waals surface area contributed by atoms with Gasteiger partial charge in [0.05, 0.1) is 12.7 Å². The zero-order chi connectivity index (χ0) is 13.5. The van der Waals surface area contributed by atoms with E-state index in [0.29, 0.717) is 11.3 Å². The van der Waals surface area contributed by atoms with Gasteiger partial charge in [-0.25, -0.2) is 4.79 Å². The molecule has 98 valence electrons. The zero-order valence-corrected chi connectivity index (χ0v) is 10.7. The SMILES string of the molecule is COc1noc(C(C)(C)C)c1C1NC(=O)NC1=O. The van der Waals surface area contributed by atoms with Gasteiger partial charge in [-0.15, -0.1) is 0 Å². The molecule has 1 aromatic heterocycles. The standard InChI is InChI=1S/C11H15N3O4/c1-11(2,3)7-5(9(17-4)14-18-7)6-8(15)13-10(16)12-6/h6H,1-4H3,(H2,12,13,15,16). The van der Waals surface area contributed by atoms with Crippen LogP contribution in [0.25, 0.3) is 0 Å². The van der Waals surface area contributed by atoms with Gasteiger partial charge in [-0.2, -0.15) is 0 Å². The molecule has 0 saturated carbocycles. The number of aromatic nitrogens is 1. The summed E-state index contributed by atoms with van der Waals surface area (Å²) in [5, 5.41) is 8.46. The maximum absolute atomic E-state index is 11.7. The van der Waals surface area contributed by atoms with Crippen LogP contribution in [-0.2, 0) is 10.2 Å². The molecule has 1 fully saturated rings. The molecule has 2 N–H and O–H groups in total. The van der Waals surface area contributed by atoms with Gasteiger partial charge in [0.1, 0.15) is 6.04 Å². The van der Waals surface area contributed by atoms with Gasteiger partial charge in [-0.05, 0) is 5.16 Å². The summed E-state index contributed by atoms with van der Waals surface area (Å²) in [5.74, 6) is 0.288. The Labute approximate surface area is 104 Å². The number of hydrogen-bond acceptors (Lipinski definition) is 5. The van der Waals surface area contributed by atoms with Crippen LogP contribution in [0.15, 0.2) is 4.52 Å². The molecule has 1 aliphatic rings. The molecule has 0 bridgehead atoms. The zero-order valence-electron chi connectivity index (χ0n) is 10.7. The molecule has 1 saturated heterocycles. The van der Waals surface area contributed by atoms with Crippen LogP contribution >= 0.6 is 0 Å². The lowest BCUT2D eigenvalue weighted by Crippen LogP contribution is -2.24. The van der Waals surface area contributed by atoms with Gasteiger partial charge in [-0.1, -0.05) is 20.8 Å². The molecule has 1 unspecified atom stereocenters. The minimum absolute atomic E-state index is 0.210. The van der Waals surface area contributed by atoms with Crippen LogP contribution in [0.2, 0.25) is 0 Å². The fourth-order valence-corrected chi connectivity index (χ4v) is 1.85. The van der Waals surface area contributed by atoms with E-state index in [2.05, 4.69) is 15.8 Å². The number of nitrogens with one attached hydrogen (secondary N) is 2. The summed E-state index contributed by atoms with van der Waals surface area (Å²) in [7, 11) is 1.43. The first-order valence-electron chi connectivity index (χ1n) is 5.50. The molecule has 1 aliphatic heterocycles. The van der Waals surface area contributed by atoms with Crippen molar-refractivity contribution in [2.24, 2.45) is 0 Å². The Bertz CT molecular complexity index is 501. The van der Waals surface area contributed by atoms with Gasteiger partial charge in [-0.3, -0.25) is 10.1 Å². The molecular formula is C11H15N3O4. The molecule has 1 aromatic rings. The average Bonchev–Trinajstić information content (AvgIpc) is 2.79. The number of urea groups is 1. The third kappa shape index (κ3) is 1.92. The molecule has 1 atom stereocenters. The van der Waals surface area contributed by atoms with Crippen molar-refractivity contribution in [1.82, 2.24) is 15.8 Å².